The van der Waals surface area contributed by atoms with Gasteiger partial charge in [-0.1, -0.05) is 60.7 Å². The zero-order valence-electron chi connectivity index (χ0n) is 15.3. The van der Waals surface area contributed by atoms with E-state index in [1.54, 1.807) is 0 Å². The molecular formula is C19H23ClNO6P. The van der Waals surface area contributed by atoms with E-state index in [-0.39, 0.29) is 32.4 Å². The van der Waals surface area contributed by atoms with Crippen molar-refractivity contribution in [2.45, 2.75) is 19.6 Å². The zero-order chi connectivity index (χ0) is 20.1. The fourth-order valence-electron chi connectivity index (χ4n) is 2.07. The first-order valence-electron chi connectivity index (χ1n) is 8.69. The number of alkyl halides is 1. The summed E-state index contributed by atoms with van der Waals surface area (Å²) >= 11 is 5.36. The fourth-order valence-corrected chi connectivity index (χ4v) is 3.37. The van der Waals surface area contributed by atoms with Crippen LogP contribution in [0.2, 0.25) is 0 Å². The Kier molecular flexibility index (Phi) is 10.0. The number of alkyl carbamates (subject to hydrolysis) is 1. The molecule has 0 aliphatic carbocycles. The molecule has 2 rings (SSSR count). The van der Waals surface area contributed by atoms with Crippen molar-refractivity contribution in [1.29, 1.82) is 0 Å². The lowest BCUT2D eigenvalue weighted by molar-refractivity contribution is 0.0932. The van der Waals surface area contributed by atoms with E-state index in [0.29, 0.717) is 6.42 Å². The number of nitrogens with one attached hydrogen (secondary N) is 1. The number of benzene rings is 2. The fraction of sp³-hybridized carbons (Fsp3) is 0.316. The molecule has 2 aromatic rings. The van der Waals surface area contributed by atoms with Crippen molar-refractivity contribution in [2.75, 3.05) is 19.2 Å². The predicted octanol–water partition coefficient (Wildman–Crippen LogP) is 4.86. The molecule has 2 aromatic carbocycles. The van der Waals surface area contributed by atoms with Crippen molar-refractivity contribution < 1.29 is 27.7 Å². The highest BCUT2D eigenvalue weighted by Gasteiger charge is 2.27. The van der Waals surface area contributed by atoms with Crippen LogP contribution >= 0.6 is 19.4 Å². The van der Waals surface area contributed by atoms with Crippen molar-refractivity contribution in [3.8, 4) is 0 Å². The zero-order valence-corrected chi connectivity index (χ0v) is 16.9. The average molecular weight is 428 g/mol. The van der Waals surface area contributed by atoms with Gasteiger partial charge >= 0.3 is 13.9 Å². The number of hydrogen-bond acceptors (Lipinski definition) is 6. The number of carbonyl (C=O) groups is 1. The second-order valence-corrected chi connectivity index (χ2v) is 7.53. The van der Waals surface area contributed by atoms with Crippen LogP contribution in [0.25, 0.3) is 0 Å². The lowest BCUT2D eigenvalue weighted by atomic mass is 10.2. The lowest BCUT2D eigenvalue weighted by Crippen LogP contribution is -2.23. The maximum atomic E-state index is 13.0. The molecule has 0 atom stereocenters. The van der Waals surface area contributed by atoms with Crippen molar-refractivity contribution in [3.05, 3.63) is 71.8 Å². The highest BCUT2D eigenvalue weighted by molar-refractivity contribution is 7.48. The molecule has 0 radical (unpaired) electrons. The van der Waals surface area contributed by atoms with E-state index in [1.807, 2.05) is 60.7 Å². The maximum Gasteiger partial charge on any atom is 0.475 e. The molecule has 0 fully saturated rings. The summed E-state index contributed by atoms with van der Waals surface area (Å²) in [6.07, 6.45) is -0.304. The number of carbonyl (C=O) groups excluding carboxylic acids is 1. The molecule has 0 unspecified atom stereocenters. The van der Waals surface area contributed by atoms with Crippen molar-refractivity contribution in [2.24, 2.45) is 0 Å². The minimum absolute atomic E-state index is 0.0365. The quantitative estimate of drug-likeness (QED) is 0.225. The van der Waals surface area contributed by atoms with Crippen LogP contribution in [0, 0.1) is 0 Å². The van der Waals surface area contributed by atoms with Gasteiger partial charge in [0.1, 0.15) is 0 Å². The molecule has 7 nitrogen and oxygen atoms in total. The molecule has 0 bridgehead atoms. The van der Waals surface area contributed by atoms with E-state index >= 15 is 0 Å². The Morgan fingerprint density at radius 1 is 0.857 bits per heavy atom. The number of ether oxygens (including phenoxy) is 1. The Bertz CT molecular complexity index is 699. The molecule has 1 amide bonds. The van der Waals surface area contributed by atoms with Gasteiger partial charge in [-0.05, 0) is 11.1 Å². The first-order valence-corrected chi connectivity index (χ1v) is 10.7. The Balaban J connectivity index is 1.85. The van der Waals surface area contributed by atoms with Gasteiger partial charge in [0.05, 0.1) is 32.4 Å². The van der Waals surface area contributed by atoms with Gasteiger partial charge in [-0.2, -0.15) is 0 Å². The molecule has 0 saturated carbocycles. The number of rotatable bonds is 12. The van der Waals surface area contributed by atoms with Crippen LogP contribution in [-0.2, 0) is 36.1 Å². The highest BCUT2D eigenvalue weighted by atomic mass is 35.5. The number of halogens is 1. The standard InChI is InChI=1S/C19H23ClNO6P/c20-16-21-19(22)24-12-7-13-25-28(23,26-14-17-8-3-1-4-9-17)27-15-18-10-5-2-6-11-18/h1-6,8-11H,7,12-16H2,(H,21,22). The van der Waals surface area contributed by atoms with Gasteiger partial charge in [-0.3, -0.25) is 13.6 Å². The summed E-state index contributed by atoms with van der Waals surface area (Å²) in [5, 5.41) is 2.29. The lowest BCUT2D eigenvalue weighted by Gasteiger charge is -2.18. The number of phosphoric acid groups is 1. The predicted molar refractivity (Wildman–Crippen MR) is 106 cm³/mol. The van der Waals surface area contributed by atoms with Gasteiger partial charge in [0.2, 0.25) is 0 Å². The largest absolute Gasteiger partial charge is 0.475 e. The summed E-state index contributed by atoms with van der Waals surface area (Å²) in [7, 11) is -3.80. The van der Waals surface area contributed by atoms with Crippen molar-refractivity contribution in [1.82, 2.24) is 5.32 Å². The highest BCUT2D eigenvalue weighted by Crippen LogP contribution is 2.51. The van der Waals surface area contributed by atoms with Crippen LogP contribution in [0.1, 0.15) is 17.5 Å². The van der Waals surface area contributed by atoms with Crippen molar-refractivity contribution in [3.63, 3.8) is 0 Å². The summed E-state index contributed by atoms with van der Waals surface area (Å²) in [6, 6.07) is 18.6. The smallest absolute Gasteiger partial charge is 0.449 e. The van der Waals surface area contributed by atoms with Crippen LogP contribution in [0.5, 0.6) is 0 Å². The van der Waals surface area contributed by atoms with Gasteiger partial charge in [-0.25, -0.2) is 9.36 Å². The Morgan fingerprint density at radius 2 is 1.39 bits per heavy atom. The van der Waals surface area contributed by atoms with Crippen LogP contribution in [0.15, 0.2) is 60.7 Å². The minimum atomic E-state index is -3.80. The second-order valence-electron chi connectivity index (χ2n) is 5.60. The second kappa shape index (κ2) is 12.5. The van der Waals surface area contributed by atoms with Gasteiger partial charge < -0.3 is 10.1 Å². The third-order valence-corrected chi connectivity index (χ3v) is 4.97. The van der Waals surface area contributed by atoms with Gasteiger partial charge in [0, 0.05) is 6.42 Å². The first kappa shape index (κ1) is 22.4. The summed E-state index contributed by atoms with van der Waals surface area (Å²) in [5.74, 6) is 0. The molecule has 0 spiro atoms. The van der Waals surface area contributed by atoms with E-state index in [9.17, 15) is 9.36 Å². The van der Waals surface area contributed by atoms with E-state index in [4.69, 9.17) is 29.9 Å². The SMILES string of the molecule is O=C(NCCl)OCCCOP(=O)(OCc1ccccc1)OCc1ccccc1. The Hall–Kier alpha value is -1.89. The summed E-state index contributed by atoms with van der Waals surface area (Å²) in [4.78, 5) is 11.2. The number of phosphoric ester groups is 1. The Morgan fingerprint density at radius 3 is 1.89 bits per heavy atom. The summed E-state index contributed by atoms with van der Waals surface area (Å²) < 4.78 is 34.2. The molecule has 9 heteroatoms. The van der Waals surface area contributed by atoms with E-state index in [0.717, 1.165) is 11.1 Å². The average Bonchev–Trinajstić information content (AvgIpc) is 2.72. The first-order chi connectivity index (χ1) is 13.6. The van der Waals surface area contributed by atoms with E-state index in [2.05, 4.69) is 5.32 Å². The van der Waals surface area contributed by atoms with E-state index in [1.165, 1.54) is 0 Å². The molecule has 0 aliphatic heterocycles. The summed E-state index contributed by atoms with van der Waals surface area (Å²) in [6.45, 7) is 0.290. The van der Waals surface area contributed by atoms with Gasteiger partial charge in [0.25, 0.3) is 0 Å². The number of hydrogen-bond donors (Lipinski definition) is 1. The normalized spacial score (nSPS) is 11.2. The Labute approximate surface area is 169 Å². The third kappa shape index (κ3) is 8.87. The molecule has 0 aromatic heterocycles. The summed E-state index contributed by atoms with van der Waals surface area (Å²) in [5.41, 5.74) is 1.69. The maximum absolute atomic E-state index is 13.0. The number of amides is 1. The molecular weight excluding hydrogens is 405 g/mol. The van der Waals surface area contributed by atoms with Crippen LogP contribution in [0.4, 0.5) is 4.79 Å². The van der Waals surface area contributed by atoms with Gasteiger partial charge in [0.15, 0.2) is 0 Å². The molecule has 0 heterocycles. The molecule has 1 N–H and O–H groups in total. The monoisotopic (exact) mass is 427 g/mol. The molecule has 0 saturated heterocycles. The van der Waals surface area contributed by atoms with Crippen LogP contribution in [0.3, 0.4) is 0 Å². The van der Waals surface area contributed by atoms with Crippen molar-refractivity contribution >= 4 is 25.5 Å². The molecule has 152 valence electrons. The van der Waals surface area contributed by atoms with Crippen LogP contribution < -0.4 is 5.32 Å². The molecule has 28 heavy (non-hydrogen) atoms. The topological polar surface area (TPSA) is 83.1 Å². The van der Waals surface area contributed by atoms with Gasteiger partial charge in [-0.15, -0.1) is 11.6 Å². The van der Waals surface area contributed by atoms with E-state index < -0.39 is 13.9 Å². The van der Waals surface area contributed by atoms with Crippen LogP contribution in [-0.4, -0.2) is 25.3 Å². The molecule has 0 aliphatic rings. The third-order valence-electron chi connectivity index (χ3n) is 3.45. The minimum Gasteiger partial charge on any atom is -0.449 e.